The predicted octanol–water partition coefficient (Wildman–Crippen LogP) is 3.64. The molecule has 1 aliphatic heterocycles. The van der Waals surface area contributed by atoms with E-state index >= 15 is 0 Å². The van der Waals surface area contributed by atoms with Gasteiger partial charge in [-0.2, -0.15) is 0 Å². The van der Waals surface area contributed by atoms with Crippen LogP contribution in [0.25, 0.3) is 10.4 Å². The molecule has 4 heterocycles. The molecule has 0 aromatic carbocycles. The van der Waals surface area contributed by atoms with E-state index < -0.39 is 6.17 Å². The number of carbonyl (C=O) groups excluding carboxylic acids is 1. The Hall–Kier alpha value is -3.07. The number of anilines is 3. The molecule has 3 aromatic heterocycles. The number of hydrogen-bond donors (Lipinski definition) is 2. The van der Waals surface area contributed by atoms with Gasteiger partial charge in [-0.15, -0.1) is 0 Å². The Balaban J connectivity index is 1.48. The molecule has 1 aliphatic rings. The van der Waals surface area contributed by atoms with E-state index in [0.29, 0.717) is 42.4 Å². The highest BCUT2D eigenvalue weighted by molar-refractivity contribution is 7.18. The van der Waals surface area contributed by atoms with Crippen molar-refractivity contribution < 1.29 is 9.18 Å². The molecule has 0 aliphatic carbocycles. The first-order valence-electron chi connectivity index (χ1n) is 9.38. The van der Waals surface area contributed by atoms with Crippen molar-refractivity contribution in [1.29, 1.82) is 0 Å². The second kappa shape index (κ2) is 8.52. The number of amides is 1. The highest BCUT2D eigenvalue weighted by Gasteiger charge is 2.19. The number of piperidine rings is 1. The van der Waals surface area contributed by atoms with Crippen LogP contribution in [0.4, 0.5) is 21.0 Å². The lowest BCUT2D eigenvalue weighted by molar-refractivity contribution is 0.0962. The van der Waals surface area contributed by atoms with Crippen molar-refractivity contribution in [2.24, 2.45) is 0 Å². The van der Waals surface area contributed by atoms with Gasteiger partial charge in [-0.3, -0.25) is 9.78 Å². The number of nitrogens with one attached hydrogen (secondary N) is 2. The van der Waals surface area contributed by atoms with Crippen molar-refractivity contribution in [1.82, 2.24) is 20.3 Å². The summed E-state index contributed by atoms with van der Waals surface area (Å²) in [7, 11) is 1.59. The molecule has 0 saturated carbocycles. The van der Waals surface area contributed by atoms with Gasteiger partial charge in [0.25, 0.3) is 5.91 Å². The number of hydrogen-bond acceptors (Lipinski definition) is 7. The smallest absolute Gasteiger partial charge is 0.252 e. The largest absolute Gasteiger partial charge is 0.371 e. The average Bonchev–Trinajstić information content (AvgIpc) is 3.22. The van der Waals surface area contributed by atoms with Crippen molar-refractivity contribution in [2.45, 2.75) is 19.0 Å². The van der Waals surface area contributed by atoms with E-state index in [1.54, 1.807) is 31.7 Å². The van der Waals surface area contributed by atoms with E-state index in [-0.39, 0.29) is 5.91 Å². The molecule has 0 radical (unpaired) electrons. The number of aromatic nitrogens is 3. The summed E-state index contributed by atoms with van der Waals surface area (Å²) in [4.78, 5) is 27.8. The molecule has 9 heteroatoms. The zero-order valence-electron chi connectivity index (χ0n) is 15.9. The second-order valence-electron chi connectivity index (χ2n) is 6.76. The van der Waals surface area contributed by atoms with Gasteiger partial charge in [0.15, 0.2) is 5.13 Å². The van der Waals surface area contributed by atoms with Crippen LogP contribution in [-0.4, -0.2) is 47.2 Å². The Morgan fingerprint density at radius 1 is 1.21 bits per heavy atom. The van der Waals surface area contributed by atoms with Crippen molar-refractivity contribution in [3.8, 4) is 10.4 Å². The molecule has 0 unspecified atom stereocenters. The van der Waals surface area contributed by atoms with Gasteiger partial charge in [-0.05, 0) is 25.0 Å². The minimum atomic E-state index is -0.698. The van der Waals surface area contributed by atoms with Gasteiger partial charge in [0.2, 0.25) is 0 Å². The molecule has 1 amide bonds. The number of halogens is 1. The summed E-state index contributed by atoms with van der Waals surface area (Å²) >= 11 is 1.45. The number of alkyl halides is 1. The first-order valence-corrected chi connectivity index (χ1v) is 10.2. The topological polar surface area (TPSA) is 83.0 Å². The predicted molar refractivity (Wildman–Crippen MR) is 113 cm³/mol. The van der Waals surface area contributed by atoms with Gasteiger partial charge in [0.1, 0.15) is 12.0 Å². The van der Waals surface area contributed by atoms with E-state index in [0.717, 1.165) is 16.1 Å². The van der Waals surface area contributed by atoms with Crippen molar-refractivity contribution in [3.05, 3.63) is 48.5 Å². The maximum Gasteiger partial charge on any atom is 0.252 e. The van der Waals surface area contributed by atoms with Crippen molar-refractivity contribution >= 4 is 33.9 Å². The Morgan fingerprint density at radius 2 is 2.03 bits per heavy atom. The molecule has 0 spiro atoms. The van der Waals surface area contributed by atoms with Crippen LogP contribution >= 0.6 is 11.3 Å². The minimum Gasteiger partial charge on any atom is -0.371 e. The van der Waals surface area contributed by atoms with Crippen LogP contribution in [0.15, 0.2) is 43.0 Å². The maximum absolute atomic E-state index is 13.4. The Kier molecular flexibility index (Phi) is 5.66. The SMILES string of the molecule is CNC(=O)c1cncc(-c2cnc(Nc3cc(N4CCC(F)CC4)ccn3)s2)c1. The number of rotatable bonds is 5. The van der Waals surface area contributed by atoms with E-state index in [2.05, 4.69) is 30.5 Å². The lowest BCUT2D eigenvalue weighted by atomic mass is 10.1. The Labute approximate surface area is 172 Å². The molecule has 4 rings (SSSR count). The molecule has 150 valence electrons. The van der Waals surface area contributed by atoms with E-state index in [4.69, 9.17) is 0 Å². The summed E-state index contributed by atoms with van der Waals surface area (Å²) in [6.45, 7) is 1.42. The molecule has 1 saturated heterocycles. The summed E-state index contributed by atoms with van der Waals surface area (Å²) in [5.41, 5.74) is 2.35. The molecule has 0 atom stereocenters. The second-order valence-corrected chi connectivity index (χ2v) is 7.79. The van der Waals surface area contributed by atoms with Gasteiger partial charge < -0.3 is 15.5 Å². The van der Waals surface area contributed by atoms with Gasteiger partial charge in [0, 0.05) is 62.2 Å². The molecule has 7 nitrogen and oxygen atoms in total. The zero-order valence-corrected chi connectivity index (χ0v) is 16.7. The number of nitrogens with zero attached hydrogens (tertiary/aromatic N) is 4. The highest BCUT2D eigenvalue weighted by atomic mass is 32.1. The number of pyridine rings is 2. The fraction of sp³-hybridized carbons (Fsp3) is 0.300. The monoisotopic (exact) mass is 412 g/mol. The quantitative estimate of drug-likeness (QED) is 0.666. The molecule has 1 fully saturated rings. The normalized spacial score (nSPS) is 14.6. The Bertz CT molecular complexity index is 1000. The first-order chi connectivity index (χ1) is 14.1. The van der Waals surface area contributed by atoms with Gasteiger partial charge >= 0.3 is 0 Å². The van der Waals surface area contributed by atoms with Gasteiger partial charge in [-0.1, -0.05) is 11.3 Å². The summed E-state index contributed by atoms with van der Waals surface area (Å²) in [5.74, 6) is 0.503. The highest BCUT2D eigenvalue weighted by Crippen LogP contribution is 2.31. The van der Waals surface area contributed by atoms with E-state index in [9.17, 15) is 9.18 Å². The lowest BCUT2D eigenvalue weighted by Gasteiger charge is -2.30. The van der Waals surface area contributed by atoms with Gasteiger partial charge in [-0.25, -0.2) is 14.4 Å². The molecular formula is C20H21FN6OS. The van der Waals surface area contributed by atoms with E-state index in [1.807, 2.05) is 12.1 Å². The van der Waals surface area contributed by atoms with Gasteiger partial charge in [0.05, 0.1) is 10.4 Å². The molecule has 29 heavy (non-hydrogen) atoms. The minimum absolute atomic E-state index is 0.181. The van der Waals surface area contributed by atoms with Crippen LogP contribution in [0.2, 0.25) is 0 Å². The fourth-order valence-corrected chi connectivity index (χ4v) is 4.01. The van der Waals surface area contributed by atoms with Crippen LogP contribution in [0.3, 0.4) is 0 Å². The molecular weight excluding hydrogens is 391 g/mol. The standard InChI is InChI=1S/C20H21FN6OS/c1-22-19(28)14-8-13(10-23-11-14)17-12-25-20(29-17)26-18-9-16(2-5-24-18)27-6-3-15(21)4-7-27/h2,5,8-12,15H,3-4,6-7H2,1H3,(H,22,28)(H,24,25,26). The van der Waals surface area contributed by atoms with Crippen molar-refractivity contribution in [2.75, 3.05) is 30.4 Å². The van der Waals surface area contributed by atoms with Crippen molar-refractivity contribution in [3.63, 3.8) is 0 Å². The summed E-state index contributed by atoms with van der Waals surface area (Å²) in [6, 6.07) is 5.68. The van der Waals surface area contributed by atoms with Crippen LogP contribution in [0, 0.1) is 0 Å². The van der Waals surface area contributed by atoms with Crippen LogP contribution < -0.4 is 15.5 Å². The van der Waals surface area contributed by atoms with Crippen LogP contribution in [0.5, 0.6) is 0 Å². The average molecular weight is 412 g/mol. The third kappa shape index (κ3) is 4.51. The zero-order chi connectivity index (χ0) is 20.2. The summed E-state index contributed by atoms with van der Waals surface area (Å²) in [5, 5.41) is 6.51. The number of carbonyl (C=O) groups is 1. The number of thiazole rings is 1. The Morgan fingerprint density at radius 3 is 2.83 bits per heavy atom. The maximum atomic E-state index is 13.4. The van der Waals surface area contributed by atoms with Crippen LogP contribution in [0.1, 0.15) is 23.2 Å². The third-order valence-electron chi connectivity index (χ3n) is 4.79. The molecule has 0 bridgehead atoms. The van der Waals surface area contributed by atoms with E-state index in [1.165, 1.54) is 17.5 Å². The fourth-order valence-electron chi connectivity index (χ4n) is 3.21. The molecule has 3 aromatic rings. The summed E-state index contributed by atoms with van der Waals surface area (Å²) < 4.78 is 13.4. The molecule has 2 N–H and O–H groups in total. The lowest BCUT2D eigenvalue weighted by Crippen LogP contribution is -2.34. The first kappa shape index (κ1) is 19.3. The summed E-state index contributed by atoms with van der Waals surface area (Å²) in [6.07, 6.45) is 7.14. The van der Waals surface area contributed by atoms with Crippen LogP contribution in [-0.2, 0) is 0 Å². The third-order valence-corrected chi connectivity index (χ3v) is 5.75.